The van der Waals surface area contributed by atoms with Crippen molar-refractivity contribution in [2.24, 2.45) is 11.3 Å². The Morgan fingerprint density at radius 2 is 1.91 bits per heavy atom. The van der Waals surface area contributed by atoms with Crippen LogP contribution < -0.4 is 5.32 Å². The SMILES string of the molecule is CCO[C@H]1C[C@](O)(CNC(=O)C2CCC(F)(F)CC2)C1(C)C. The molecule has 0 bridgehead atoms. The monoisotopic (exact) mass is 319 g/mol. The van der Waals surface area contributed by atoms with Crippen LogP contribution in [-0.4, -0.2) is 41.8 Å². The maximum Gasteiger partial charge on any atom is 0.248 e. The highest BCUT2D eigenvalue weighted by Crippen LogP contribution is 2.51. The molecule has 6 heteroatoms. The number of aliphatic hydroxyl groups is 1. The van der Waals surface area contributed by atoms with Crippen LogP contribution in [0.2, 0.25) is 0 Å². The fourth-order valence-electron chi connectivity index (χ4n) is 3.44. The van der Waals surface area contributed by atoms with E-state index in [1.54, 1.807) is 0 Å². The first-order valence-electron chi connectivity index (χ1n) is 8.11. The van der Waals surface area contributed by atoms with Crippen LogP contribution in [0.15, 0.2) is 0 Å². The van der Waals surface area contributed by atoms with Gasteiger partial charge < -0.3 is 15.2 Å². The minimum Gasteiger partial charge on any atom is -0.387 e. The molecule has 2 N–H and O–H groups in total. The van der Waals surface area contributed by atoms with Crippen molar-refractivity contribution >= 4 is 5.91 Å². The molecule has 0 radical (unpaired) electrons. The summed E-state index contributed by atoms with van der Waals surface area (Å²) < 4.78 is 31.8. The van der Waals surface area contributed by atoms with Crippen LogP contribution in [0.3, 0.4) is 0 Å². The summed E-state index contributed by atoms with van der Waals surface area (Å²) in [6, 6.07) is 0. The predicted octanol–water partition coefficient (Wildman–Crippen LogP) is 2.49. The summed E-state index contributed by atoms with van der Waals surface area (Å²) in [6.45, 7) is 6.49. The van der Waals surface area contributed by atoms with Gasteiger partial charge in [0.05, 0.1) is 11.7 Å². The smallest absolute Gasteiger partial charge is 0.248 e. The Labute approximate surface area is 130 Å². The zero-order valence-corrected chi connectivity index (χ0v) is 13.6. The van der Waals surface area contributed by atoms with Crippen LogP contribution in [0, 0.1) is 11.3 Å². The van der Waals surface area contributed by atoms with Gasteiger partial charge in [0.15, 0.2) is 0 Å². The molecular weight excluding hydrogens is 292 g/mol. The van der Waals surface area contributed by atoms with E-state index in [-0.39, 0.29) is 50.2 Å². The highest BCUT2D eigenvalue weighted by atomic mass is 19.3. The average molecular weight is 319 g/mol. The van der Waals surface area contributed by atoms with Gasteiger partial charge in [-0.3, -0.25) is 4.79 Å². The highest BCUT2D eigenvalue weighted by Gasteiger charge is 2.60. The van der Waals surface area contributed by atoms with Gasteiger partial charge in [-0.2, -0.15) is 0 Å². The molecular formula is C16H27F2NO3. The molecule has 2 aliphatic carbocycles. The van der Waals surface area contributed by atoms with Crippen LogP contribution in [0.25, 0.3) is 0 Å². The molecule has 0 aromatic heterocycles. The Hall–Kier alpha value is -0.750. The number of carbonyl (C=O) groups is 1. The second-order valence-electron chi connectivity index (χ2n) is 7.25. The van der Waals surface area contributed by atoms with Crippen molar-refractivity contribution in [2.45, 2.75) is 70.5 Å². The molecule has 0 unspecified atom stereocenters. The molecule has 2 saturated carbocycles. The number of amides is 1. The van der Waals surface area contributed by atoms with Gasteiger partial charge in [-0.15, -0.1) is 0 Å². The molecule has 0 saturated heterocycles. The Kier molecular flexibility index (Phi) is 4.83. The van der Waals surface area contributed by atoms with Crippen molar-refractivity contribution in [2.75, 3.05) is 13.2 Å². The van der Waals surface area contributed by atoms with Gasteiger partial charge in [0, 0.05) is 43.7 Å². The number of hydrogen-bond acceptors (Lipinski definition) is 3. The van der Waals surface area contributed by atoms with Gasteiger partial charge >= 0.3 is 0 Å². The molecule has 2 fully saturated rings. The summed E-state index contributed by atoms with van der Waals surface area (Å²) in [5.74, 6) is -3.22. The van der Waals surface area contributed by atoms with E-state index in [0.717, 1.165) is 0 Å². The first-order valence-corrected chi connectivity index (χ1v) is 8.11. The third-order valence-corrected chi connectivity index (χ3v) is 5.54. The van der Waals surface area contributed by atoms with Gasteiger partial charge in [0.2, 0.25) is 11.8 Å². The highest BCUT2D eigenvalue weighted by molar-refractivity contribution is 5.78. The van der Waals surface area contributed by atoms with Crippen LogP contribution >= 0.6 is 0 Å². The molecule has 0 spiro atoms. The number of alkyl halides is 2. The minimum absolute atomic E-state index is 0.0206. The summed E-state index contributed by atoms with van der Waals surface area (Å²) in [6.07, 6.45) is 0.426. The third-order valence-electron chi connectivity index (χ3n) is 5.54. The molecule has 2 atom stereocenters. The Morgan fingerprint density at radius 3 is 2.41 bits per heavy atom. The molecule has 0 heterocycles. The lowest BCUT2D eigenvalue weighted by Gasteiger charge is -2.58. The molecule has 2 aliphatic rings. The van der Waals surface area contributed by atoms with Crippen LogP contribution in [0.1, 0.15) is 52.9 Å². The lowest BCUT2D eigenvalue weighted by molar-refractivity contribution is -0.238. The maximum atomic E-state index is 13.1. The number of halogens is 2. The summed E-state index contributed by atoms with van der Waals surface area (Å²) in [4.78, 5) is 12.1. The van der Waals surface area contributed by atoms with Crippen molar-refractivity contribution in [3.63, 3.8) is 0 Å². The van der Waals surface area contributed by atoms with E-state index in [4.69, 9.17) is 4.74 Å². The molecule has 22 heavy (non-hydrogen) atoms. The Balaban J connectivity index is 1.82. The van der Waals surface area contributed by atoms with Crippen molar-refractivity contribution < 1.29 is 23.4 Å². The number of rotatable bonds is 5. The van der Waals surface area contributed by atoms with E-state index in [1.807, 2.05) is 20.8 Å². The number of nitrogens with one attached hydrogen (secondary N) is 1. The molecule has 0 aromatic rings. The summed E-state index contributed by atoms with van der Waals surface area (Å²) in [5.41, 5.74) is -1.43. The lowest BCUT2D eigenvalue weighted by atomic mass is 9.56. The topological polar surface area (TPSA) is 58.6 Å². The normalized spacial score (nSPS) is 34.0. The summed E-state index contributed by atoms with van der Waals surface area (Å²) >= 11 is 0. The molecule has 0 aromatic carbocycles. The van der Waals surface area contributed by atoms with Gasteiger partial charge in [0.1, 0.15) is 0 Å². The van der Waals surface area contributed by atoms with Crippen molar-refractivity contribution in [1.82, 2.24) is 5.32 Å². The number of ether oxygens (including phenoxy) is 1. The van der Waals surface area contributed by atoms with Gasteiger partial charge in [-0.1, -0.05) is 13.8 Å². The van der Waals surface area contributed by atoms with E-state index in [9.17, 15) is 18.7 Å². The van der Waals surface area contributed by atoms with Crippen molar-refractivity contribution in [3.05, 3.63) is 0 Å². The van der Waals surface area contributed by atoms with Crippen LogP contribution in [-0.2, 0) is 9.53 Å². The zero-order chi connectivity index (χ0) is 16.6. The summed E-state index contributed by atoms with van der Waals surface area (Å²) in [7, 11) is 0. The third kappa shape index (κ3) is 3.27. The van der Waals surface area contributed by atoms with Gasteiger partial charge in [0.25, 0.3) is 0 Å². The standard InChI is InChI=1S/C16H27F2NO3/c1-4-22-12-9-15(21,14(12,2)3)10-19-13(20)11-5-7-16(17,18)8-6-11/h11-12,21H,4-10H2,1-3H3,(H,19,20)/t12-,15-/m0/s1. The van der Waals surface area contributed by atoms with Crippen LogP contribution in [0.4, 0.5) is 8.78 Å². The minimum atomic E-state index is -2.63. The van der Waals surface area contributed by atoms with Gasteiger partial charge in [-0.05, 0) is 19.8 Å². The molecule has 128 valence electrons. The second kappa shape index (κ2) is 6.04. The predicted molar refractivity (Wildman–Crippen MR) is 78.7 cm³/mol. The average Bonchev–Trinajstić information content (AvgIpc) is 2.44. The first kappa shape index (κ1) is 17.6. The van der Waals surface area contributed by atoms with E-state index in [2.05, 4.69) is 5.32 Å². The Morgan fingerprint density at radius 1 is 1.32 bits per heavy atom. The molecule has 1 amide bonds. The fourth-order valence-corrected chi connectivity index (χ4v) is 3.44. The Bertz CT molecular complexity index is 418. The second-order valence-corrected chi connectivity index (χ2v) is 7.25. The molecule has 0 aliphatic heterocycles. The fraction of sp³-hybridized carbons (Fsp3) is 0.938. The van der Waals surface area contributed by atoms with Crippen LogP contribution in [0.5, 0.6) is 0 Å². The maximum absolute atomic E-state index is 13.1. The first-order chi connectivity index (χ1) is 10.1. The molecule has 2 rings (SSSR count). The molecule has 4 nitrogen and oxygen atoms in total. The van der Waals surface area contributed by atoms with E-state index in [1.165, 1.54) is 0 Å². The quantitative estimate of drug-likeness (QED) is 0.818. The van der Waals surface area contributed by atoms with Crippen molar-refractivity contribution in [3.8, 4) is 0 Å². The van der Waals surface area contributed by atoms with Crippen molar-refractivity contribution in [1.29, 1.82) is 0 Å². The van der Waals surface area contributed by atoms with E-state index >= 15 is 0 Å². The van der Waals surface area contributed by atoms with E-state index in [0.29, 0.717) is 13.0 Å². The van der Waals surface area contributed by atoms with E-state index < -0.39 is 16.9 Å². The number of hydrogen-bond donors (Lipinski definition) is 2. The largest absolute Gasteiger partial charge is 0.387 e. The van der Waals surface area contributed by atoms with Gasteiger partial charge in [-0.25, -0.2) is 8.78 Å². The lowest BCUT2D eigenvalue weighted by Crippen LogP contribution is -2.69. The summed E-state index contributed by atoms with van der Waals surface area (Å²) in [5, 5.41) is 13.4. The zero-order valence-electron chi connectivity index (χ0n) is 13.6. The number of carbonyl (C=O) groups excluding carboxylic acids is 1.